The lowest BCUT2D eigenvalue weighted by Crippen LogP contribution is -2.46. The Labute approximate surface area is 139 Å². The van der Waals surface area contributed by atoms with E-state index in [1.807, 2.05) is 0 Å². The number of hydrogen-bond acceptors (Lipinski definition) is 2. The van der Waals surface area contributed by atoms with Crippen molar-refractivity contribution in [1.82, 2.24) is 10.2 Å². The summed E-state index contributed by atoms with van der Waals surface area (Å²) in [6.07, 6.45) is 8.94. The molecule has 1 amide bonds. The van der Waals surface area contributed by atoms with E-state index in [1.54, 1.807) is 0 Å². The molecule has 1 aromatic rings. The number of aryl methyl sites for hydroxylation is 2. The first-order valence-corrected chi connectivity index (χ1v) is 8.92. The molecule has 0 aromatic heterocycles. The summed E-state index contributed by atoms with van der Waals surface area (Å²) in [7, 11) is 0. The molecular weight excluding hydrogens is 284 g/mol. The van der Waals surface area contributed by atoms with Crippen molar-refractivity contribution in [1.29, 1.82) is 0 Å². The van der Waals surface area contributed by atoms with Crippen LogP contribution in [0.2, 0.25) is 0 Å². The number of amides is 1. The van der Waals surface area contributed by atoms with Crippen LogP contribution in [0.3, 0.4) is 0 Å². The molecule has 3 nitrogen and oxygen atoms in total. The smallest absolute Gasteiger partial charge is 0.239 e. The summed E-state index contributed by atoms with van der Waals surface area (Å²) in [6, 6.07) is 6.53. The quantitative estimate of drug-likeness (QED) is 0.929. The van der Waals surface area contributed by atoms with E-state index in [2.05, 4.69) is 54.4 Å². The average Bonchev–Trinajstić information content (AvgIpc) is 3.09. The van der Waals surface area contributed by atoms with Crippen molar-refractivity contribution in [2.75, 3.05) is 19.6 Å². The van der Waals surface area contributed by atoms with Gasteiger partial charge in [-0.25, -0.2) is 0 Å². The van der Waals surface area contributed by atoms with Gasteiger partial charge in [-0.2, -0.15) is 0 Å². The highest BCUT2D eigenvalue weighted by Crippen LogP contribution is 2.23. The second kappa shape index (κ2) is 7.31. The summed E-state index contributed by atoms with van der Waals surface area (Å²) in [6.45, 7) is 7.13. The van der Waals surface area contributed by atoms with Crippen LogP contribution in [0.5, 0.6) is 0 Å². The van der Waals surface area contributed by atoms with Gasteiger partial charge in [-0.1, -0.05) is 30.4 Å². The molecule has 2 aliphatic heterocycles. The number of carbonyl (C=O) groups is 1. The Morgan fingerprint density at radius 1 is 1.17 bits per heavy atom. The third kappa shape index (κ3) is 3.84. The number of nitrogens with zero attached hydrogens (tertiary/aromatic N) is 1. The molecule has 0 spiro atoms. The summed E-state index contributed by atoms with van der Waals surface area (Å²) in [5.41, 5.74) is 4.02. The van der Waals surface area contributed by atoms with E-state index in [-0.39, 0.29) is 6.04 Å². The number of rotatable bonds is 3. The Hall–Kier alpha value is -1.61. The lowest BCUT2D eigenvalue weighted by molar-refractivity contribution is -0.134. The Bertz CT molecular complexity index is 559. The molecule has 2 aliphatic rings. The second-order valence-corrected chi connectivity index (χ2v) is 6.98. The molecule has 0 aliphatic carbocycles. The first kappa shape index (κ1) is 16.3. The first-order chi connectivity index (χ1) is 11.1. The number of carbonyl (C=O) groups excluding carboxylic acids is 1. The summed E-state index contributed by atoms with van der Waals surface area (Å²) < 4.78 is 0. The Kier molecular flexibility index (Phi) is 5.16. The van der Waals surface area contributed by atoms with Crippen molar-refractivity contribution in [3.8, 4) is 0 Å². The molecule has 1 N–H and O–H groups in total. The van der Waals surface area contributed by atoms with Crippen LogP contribution in [0.1, 0.15) is 42.4 Å². The third-order valence-electron chi connectivity index (χ3n) is 5.29. The molecule has 0 radical (unpaired) electrons. The number of likely N-dealkylation sites (tertiary alicyclic amines) is 1. The van der Waals surface area contributed by atoms with Crippen molar-refractivity contribution in [3.63, 3.8) is 0 Å². The normalized spacial score (nSPS) is 22.9. The molecule has 2 saturated heterocycles. The topological polar surface area (TPSA) is 32.3 Å². The van der Waals surface area contributed by atoms with Crippen molar-refractivity contribution in [2.45, 2.75) is 45.6 Å². The molecule has 23 heavy (non-hydrogen) atoms. The summed E-state index contributed by atoms with van der Waals surface area (Å²) in [4.78, 5) is 14.5. The van der Waals surface area contributed by atoms with E-state index in [4.69, 9.17) is 0 Å². The molecule has 0 saturated carbocycles. The van der Waals surface area contributed by atoms with Gasteiger partial charge < -0.3 is 10.2 Å². The zero-order chi connectivity index (χ0) is 16.2. The fourth-order valence-corrected chi connectivity index (χ4v) is 3.75. The molecule has 0 bridgehead atoms. The van der Waals surface area contributed by atoms with Gasteiger partial charge in [-0.15, -0.1) is 0 Å². The van der Waals surface area contributed by atoms with Gasteiger partial charge in [-0.05, 0) is 68.7 Å². The van der Waals surface area contributed by atoms with Crippen LogP contribution in [-0.2, 0) is 4.79 Å². The zero-order valence-electron chi connectivity index (χ0n) is 14.3. The Morgan fingerprint density at radius 2 is 1.87 bits per heavy atom. The molecule has 2 fully saturated rings. The van der Waals surface area contributed by atoms with Crippen LogP contribution >= 0.6 is 0 Å². The van der Waals surface area contributed by atoms with E-state index in [0.29, 0.717) is 11.8 Å². The van der Waals surface area contributed by atoms with Gasteiger partial charge in [0.1, 0.15) is 0 Å². The highest BCUT2D eigenvalue weighted by atomic mass is 16.2. The molecule has 1 aromatic carbocycles. The van der Waals surface area contributed by atoms with Crippen LogP contribution in [0, 0.1) is 19.8 Å². The lowest BCUT2D eigenvalue weighted by Gasteiger charge is -2.32. The average molecular weight is 312 g/mol. The fourth-order valence-electron chi connectivity index (χ4n) is 3.75. The molecular formula is C20H28N2O. The van der Waals surface area contributed by atoms with E-state index < -0.39 is 0 Å². The number of allylic oxidation sites excluding steroid dienone is 1. The monoisotopic (exact) mass is 312 g/mol. The third-order valence-corrected chi connectivity index (χ3v) is 5.29. The predicted molar refractivity (Wildman–Crippen MR) is 95.3 cm³/mol. The molecule has 1 atom stereocenters. The standard InChI is InChI=1S/C20H28N2O/c1-15-5-3-6-16(2)18(15)9-8-17-10-13-22(14-11-17)20(23)19-7-4-12-21-19/h3,5-6,8-9,17,19,21H,4,7,10-14H2,1-2H3/b9-8+. The number of nitrogens with one attached hydrogen (secondary N) is 1. The minimum atomic E-state index is 0.0803. The van der Waals surface area contributed by atoms with E-state index >= 15 is 0 Å². The summed E-state index contributed by atoms with van der Waals surface area (Å²) in [5, 5.41) is 3.32. The maximum atomic E-state index is 12.4. The second-order valence-electron chi connectivity index (χ2n) is 6.98. The van der Waals surface area contributed by atoms with Crippen LogP contribution in [0.15, 0.2) is 24.3 Å². The van der Waals surface area contributed by atoms with Crippen molar-refractivity contribution in [2.24, 2.45) is 5.92 Å². The van der Waals surface area contributed by atoms with E-state index in [0.717, 1.165) is 45.3 Å². The first-order valence-electron chi connectivity index (χ1n) is 8.92. The van der Waals surface area contributed by atoms with Crippen LogP contribution in [0.4, 0.5) is 0 Å². The highest BCUT2D eigenvalue weighted by molar-refractivity contribution is 5.82. The number of hydrogen-bond donors (Lipinski definition) is 1. The van der Waals surface area contributed by atoms with E-state index in [9.17, 15) is 4.79 Å². The van der Waals surface area contributed by atoms with E-state index in [1.165, 1.54) is 16.7 Å². The number of benzene rings is 1. The van der Waals surface area contributed by atoms with Crippen LogP contribution in [0.25, 0.3) is 6.08 Å². The molecule has 3 heteroatoms. The molecule has 124 valence electrons. The van der Waals surface area contributed by atoms with Crippen LogP contribution in [-0.4, -0.2) is 36.5 Å². The van der Waals surface area contributed by atoms with Gasteiger partial charge in [0.25, 0.3) is 0 Å². The minimum absolute atomic E-state index is 0.0803. The van der Waals surface area contributed by atoms with Crippen LogP contribution < -0.4 is 5.32 Å². The summed E-state index contributed by atoms with van der Waals surface area (Å²) >= 11 is 0. The molecule has 1 unspecified atom stereocenters. The largest absolute Gasteiger partial charge is 0.341 e. The Morgan fingerprint density at radius 3 is 2.48 bits per heavy atom. The zero-order valence-corrected chi connectivity index (χ0v) is 14.3. The summed E-state index contributed by atoms with van der Waals surface area (Å²) in [5.74, 6) is 0.911. The number of piperidine rings is 1. The van der Waals surface area contributed by atoms with Gasteiger partial charge in [0.2, 0.25) is 5.91 Å². The van der Waals surface area contributed by atoms with Gasteiger partial charge in [-0.3, -0.25) is 4.79 Å². The fraction of sp³-hybridized carbons (Fsp3) is 0.550. The van der Waals surface area contributed by atoms with Gasteiger partial charge in [0.15, 0.2) is 0 Å². The van der Waals surface area contributed by atoms with Crippen molar-refractivity contribution < 1.29 is 4.79 Å². The SMILES string of the molecule is Cc1cccc(C)c1/C=C/C1CCN(C(=O)C2CCCN2)CC1. The lowest BCUT2D eigenvalue weighted by atomic mass is 9.93. The van der Waals surface area contributed by atoms with Crippen molar-refractivity contribution in [3.05, 3.63) is 41.0 Å². The Balaban J connectivity index is 1.55. The molecule has 2 heterocycles. The van der Waals surface area contributed by atoms with Crippen molar-refractivity contribution >= 4 is 12.0 Å². The highest BCUT2D eigenvalue weighted by Gasteiger charge is 2.29. The van der Waals surface area contributed by atoms with Gasteiger partial charge in [0.05, 0.1) is 6.04 Å². The minimum Gasteiger partial charge on any atom is -0.341 e. The van der Waals surface area contributed by atoms with Gasteiger partial charge >= 0.3 is 0 Å². The maximum absolute atomic E-state index is 12.4. The van der Waals surface area contributed by atoms with Gasteiger partial charge in [0, 0.05) is 13.1 Å². The maximum Gasteiger partial charge on any atom is 0.239 e. The molecule has 3 rings (SSSR count). The predicted octanol–water partition coefficient (Wildman–Crippen LogP) is 3.31.